The molecular formula is C25H17Cl3N2O5S. The van der Waals surface area contributed by atoms with Crippen LogP contribution in [0.25, 0.3) is 10.1 Å². The van der Waals surface area contributed by atoms with Crippen molar-refractivity contribution >= 4 is 74.3 Å². The molecule has 7 nitrogen and oxygen atoms in total. The minimum atomic E-state index is -0.561. The zero-order valence-electron chi connectivity index (χ0n) is 18.6. The van der Waals surface area contributed by atoms with Crippen LogP contribution in [0.15, 0.2) is 65.8 Å². The van der Waals surface area contributed by atoms with Crippen LogP contribution in [-0.4, -0.2) is 31.8 Å². The second kappa shape index (κ2) is 11.6. The van der Waals surface area contributed by atoms with E-state index in [1.54, 1.807) is 55.6 Å². The van der Waals surface area contributed by atoms with Crippen molar-refractivity contribution in [2.45, 2.75) is 0 Å². The van der Waals surface area contributed by atoms with Crippen molar-refractivity contribution in [2.75, 3.05) is 13.7 Å². The summed E-state index contributed by atoms with van der Waals surface area (Å²) in [6.07, 6.45) is 1.44. The van der Waals surface area contributed by atoms with Crippen LogP contribution in [0.1, 0.15) is 15.2 Å². The van der Waals surface area contributed by atoms with Crippen LogP contribution in [-0.2, 0) is 4.79 Å². The first kappa shape index (κ1) is 25.8. The molecule has 1 amide bonds. The summed E-state index contributed by atoms with van der Waals surface area (Å²) >= 11 is 19.4. The third kappa shape index (κ3) is 6.27. The van der Waals surface area contributed by atoms with Gasteiger partial charge in [-0.15, -0.1) is 11.3 Å². The third-order valence-electron chi connectivity index (χ3n) is 4.77. The van der Waals surface area contributed by atoms with Gasteiger partial charge in [-0.05, 0) is 66.2 Å². The number of rotatable bonds is 8. The predicted octanol–water partition coefficient (Wildman–Crippen LogP) is 6.62. The number of carbonyl (C=O) groups is 2. The molecule has 0 atom stereocenters. The van der Waals surface area contributed by atoms with Gasteiger partial charge in [0, 0.05) is 15.1 Å². The van der Waals surface area contributed by atoms with Gasteiger partial charge < -0.3 is 14.2 Å². The number of hydrogen-bond donors (Lipinski definition) is 1. The highest BCUT2D eigenvalue weighted by atomic mass is 35.5. The number of hydrazone groups is 1. The highest BCUT2D eigenvalue weighted by Gasteiger charge is 2.19. The van der Waals surface area contributed by atoms with Gasteiger partial charge in [-0.1, -0.05) is 34.8 Å². The van der Waals surface area contributed by atoms with Gasteiger partial charge in [0.25, 0.3) is 5.91 Å². The van der Waals surface area contributed by atoms with E-state index in [2.05, 4.69) is 10.5 Å². The Kier molecular flexibility index (Phi) is 8.32. The summed E-state index contributed by atoms with van der Waals surface area (Å²) in [7, 11) is 1.57. The lowest BCUT2D eigenvalue weighted by Crippen LogP contribution is -2.24. The Balaban J connectivity index is 1.31. The number of hydrogen-bond acceptors (Lipinski definition) is 7. The van der Waals surface area contributed by atoms with Crippen molar-refractivity contribution in [3.05, 3.63) is 86.2 Å². The summed E-state index contributed by atoms with van der Waals surface area (Å²) in [5.74, 6) is 0.310. The summed E-state index contributed by atoms with van der Waals surface area (Å²) in [6.45, 7) is -0.277. The van der Waals surface area contributed by atoms with Gasteiger partial charge in [0.1, 0.15) is 22.1 Å². The number of halogens is 3. The number of thiophene rings is 1. The van der Waals surface area contributed by atoms with Crippen molar-refractivity contribution in [1.82, 2.24) is 5.43 Å². The van der Waals surface area contributed by atoms with Gasteiger partial charge in [0.05, 0.1) is 23.4 Å². The number of nitrogens with one attached hydrogen (secondary N) is 1. The molecule has 3 aromatic carbocycles. The fourth-order valence-electron chi connectivity index (χ4n) is 3.03. The van der Waals surface area contributed by atoms with Gasteiger partial charge in [-0.2, -0.15) is 5.10 Å². The Morgan fingerprint density at radius 1 is 1.00 bits per heavy atom. The maximum absolute atomic E-state index is 12.7. The Labute approximate surface area is 225 Å². The molecular weight excluding hydrogens is 547 g/mol. The fraction of sp³-hybridized carbons (Fsp3) is 0.0800. The molecule has 0 fully saturated rings. The second-order valence-corrected chi connectivity index (χ2v) is 9.50. The molecule has 0 spiro atoms. The standard InChI is InChI=1S/C25H17Cl3N2O5S/c1-33-17-7-8-18-21(11-17)36-24(23(18)28)25(32)35-16-5-2-14(3-6-16)12-29-30-22(31)13-34-20-9-4-15(26)10-19(20)27/h2-12H,13H2,1H3,(H,30,31)/b29-12+. The summed E-state index contributed by atoms with van der Waals surface area (Å²) in [5, 5.41) is 5.74. The molecule has 0 saturated heterocycles. The maximum atomic E-state index is 12.7. The average molecular weight is 564 g/mol. The largest absolute Gasteiger partial charge is 0.497 e. The maximum Gasteiger partial charge on any atom is 0.355 e. The first-order chi connectivity index (χ1) is 17.3. The van der Waals surface area contributed by atoms with Crippen molar-refractivity contribution < 1.29 is 23.8 Å². The highest BCUT2D eigenvalue weighted by molar-refractivity contribution is 7.21. The number of methoxy groups -OCH3 is 1. The van der Waals surface area contributed by atoms with Gasteiger partial charge in [0.15, 0.2) is 6.61 Å². The fourth-order valence-corrected chi connectivity index (χ4v) is 4.90. The molecule has 4 aromatic rings. The van der Waals surface area contributed by atoms with E-state index in [4.69, 9.17) is 49.0 Å². The van der Waals surface area contributed by atoms with Gasteiger partial charge >= 0.3 is 5.97 Å². The quantitative estimate of drug-likeness (QED) is 0.113. The molecule has 0 aliphatic heterocycles. The lowest BCUT2D eigenvalue weighted by Gasteiger charge is -2.07. The van der Waals surface area contributed by atoms with Crippen LogP contribution in [0.3, 0.4) is 0 Å². The Hall–Kier alpha value is -3.30. The lowest BCUT2D eigenvalue weighted by atomic mass is 10.2. The van der Waals surface area contributed by atoms with Crippen molar-refractivity contribution in [3.8, 4) is 17.2 Å². The van der Waals surface area contributed by atoms with E-state index in [9.17, 15) is 9.59 Å². The first-order valence-corrected chi connectivity index (χ1v) is 12.3. The molecule has 1 aromatic heterocycles. The van der Waals surface area contributed by atoms with Crippen LogP contribution < -0.4 is 19.6 Å². The third-order valence-corrected chi connectivity index (χ3v) is 6.94. The van der Waals surface area contributed by atoms with Gasteiger partial charge in [0.2, 0.25) is 0 Å². The summed E-state index contributed by atoms with van der Waals surface area (Å²) < 4.78 is 16.8. The number of benzene rings is 3. The zero-order valence-corrected chi connectivity index (χ0v) is 21.7. The van der Waals surface area contributed by atoms with Crippen LogP contribution in [0.5, 0.6) is 17.2 Å². The number of fused-ring (bicyclic) bond motifs is 1. The number of amides is 1. The summed E-state index contributed by atoms with van der Waals surface area (Å²) in [6, 6.07) is 16.7. The van der Waals surface area contributed by atoms with E-state index in [0.717, 1.165) is 10.1 Å². The molecule has 1 N–H and O–H groups in total. The molecule has 0 saturated carbocycles. The van der Waals surface area contributed by atoms with E-state index in [0.29, 0.717) is 42.8 Å². The van der Waals surface area contributed by atoms with Crippen molar-refractivity contribution in [2.24, 2.45) is 5.10 Å². The first-order valence-electron chi connectivity index (χ1n) is 10.3. The highest BCUT2D eigenvalue weighted by Crippen LogP contribution is 2.37. The van der Waals surface area contributed by atoms with Crippen LogP contribution in [0.2, 0.25) is 15.1 Å². The monoisotopic (exact) mass is 562 g/mol. The van der Waals surface area contributed by atoms with Gasteiger partial charge in [-0.3, -0.25) is 4.79 Å². The van der Waals surface area contributed by atoms with Crippen LogP contribution in [0.4, 0.5) is 0 Å². The molecule has 184 valence electrons. The van der Waals surface area contributed by atoms with Crippen LogP contribution >= 0.6 is 46.1 Å². The van der Waals surface area contributed by atoms with Gasteiger partial charge in [-0.25, -0.2) is 10.2 Å². The van der Waals surface area contributed by atoms with E-state index in [1.807, 2.05) is 6.07 Å². The molecule has 11 heteroatoms. The predicted molar refractivity (Wildman–Crippen MR) is 142 cm³/mol. The number of carbonyl (C=O) groups excluding carboxylic acids is 2. The average Bonchev–Trinajstić information content (AvgIpc) is 3.20. The number of nitrogens with zero attached hydrogens (tertiary/aromatic N) is 1. The van der Waals surface area contributed by atoms with E-state index >= 15 is 0 Å². The minimum absolute atomic E-state index is 0.277. The SMILES string of the molecule is COc1ccc2c(Cl)c(C(=O)Oc3ccc(/C=N/NC(=O)COc4ccc(Cl)cc4Cl)cc3)sc2c1. The molecule has 36 heavy (non-hydrogen) atoms. The van der Waals surface area contributed by atoms with Crippen molar-refractivity contribution in [1.29, 1.82) is 0 Å². The molecule has 0 bridgehead atoms. The van der Waals surface area contributed by atoms with Crippen LogP contribution in [0, 0.1) is 0 Å². The Morgan fingerprint density at radius 3 is 2.47 bits per heavy atom. The second-order valence-electron chi connectivity index (χ2n) is 7.22. The topological polar surface area (TPSA) is 86.2 Å². The summed E-state index contributed by atoms with van der Waals surface area (Å²) in [5.41, 5.74) is 3.03. The molecule has 0 radical (unpaired) electrons. The number of esters is 1. The number of ether oxygens (including phenoxy) is 3. The molecule has 0 aliphatic rings. The normalized spacial score (nSPS) is 11.0. The molecule has 4 rings (SSSR count). The Bertz CT molecular complexity index is 1450. The van der Waals surface area contributed by atoms with E-state index < -0.39 is 11.9 Å². The minimum Gasteiger partial charge on any atom is -0.497 e. The molecule has 0 aliphatic carbocycles. The lowest BCUT2D eigenvalue weighted by molar-refractivity contribution is -0.123. The molecule has 1 heterocycles. The molecule has 0 unspecified atom stereocenters. The summed E-state index contributed by atoms with van der Waals surface area (Å²) in [4.78, 5) is 24.9. The van der Waals surface area contributed by atoms with E-state index in [1.165, 1.54) is 23.6 Å². The zero-order chi connectivity index (χ0) is 25.7. The Morgan fingerprint density at radius 2 is 1.75 bits per heavy atom. The smallest absolute Gasteiger partial charge is 0.355 e. The van der Waals surface area contributed by atoms with E-state index in [-0.39, 0.29) is 6.61 Å². The van der Waals surface area contributed by atoms with Crippen molar-refractivity contribution in [3.63, 3.8) is 0 Å².